The van der Waals surface area contributed by atoms with E-state index in [2.05, 4.69) is 5.32 Å². The lowest BCUT2D eigenvalue weighted by Gasteiger charge is -2.33. The maximum Gasteiger partial charge on any atom is 0.339 e. The number of anilines is 1. The first kappa shape index (κ1) is 17.2. The predicted octanol–water partition coefficient (Wildman–Crippen LogP) is 2.20. The fourth-order valence-electron chi connectivity index (χ4n) is 2.73. The predicted molar refractivity (Wildman–Crippen MR) is 92.1 cm³/mol. The minimum atomic E-state index is -3.39. The number of hydrogen-bond donors (Lipinski definition) is 1. The zero-order chi connectivity index (χ0) is 18.2. The molecule has 0 saturated heterocycles. The zero-order valence-corrected chi connectivity index (χ0v) is 14.6. The molecule has 0 spiro atoms. The van der Waals surface area contributed by atoms with E-state index in [1.165, 1.54) is 25.1 Å². The number of esters is 1. The molecule has 0 bridgehead atoms. The first-order valence-electron chi connectivity index (χ1n) is 7.62. The van der Waals surface area contributed by atoms with E-state index in [1.54, 1.807) is 30.3 Å². The summed E-state index contributed by atoms with van der Waals surface area (Å²) in [4.78, 5) is 24.9. The molecule has 0 fully saturated rings. The highest BCUT2D eigenvalue weighted by molar-refractivity contribution is 7.90. The maximum atomic E-state index is 12.7. The molecule has 130 valence electrons. The molecule has 1 amide bonds. The fraction of sp³-hybridized carbons (Fsp3) is 0.222. The quantitative estimate of drug-likeness (QED) is 0.849. The highest BCUT2D eigenvalue weighted by atomic mass is 32.2. The molecule has 1 unspecified atom stereocenters. The van der Waals surface area contributed by atoms with Gasteiger partial charge in [0.25, 0.3) is 5.91 Å². The molecular formula is C18H17NO5S. The minimum Gasteiger partial charge on any atom is -0.445 e. The lowest BCUT2D eigenvalue weighted by atomic mass is 9.89. The Morgan fingerprint density at radius 2 is 1.88 bits per heavy atom. The van der Waals surface area contributed by atoms with Crippen LogP contribution in [0.1, 0.15) is 22.8 Å². The van der Waals surface area contributed by atoms with Gasteiger partial charge in [0, 0.05) is 18.4 Å². The van der Waals surface area contributed by atoms with Crippen LogP contribution in [0.3, 0.4) is 0 Å². The molecule has 1 heterocycles. The number of sulfone groups is 1. The van der Waals surface area contributed by atoms with Crippen LogP contribution in [0.25, 0.3) is 0 Å². The maximum absolute atomic E-state index is 12.7. The number of carbonyl (C=O) groups is 2. The van der Waals surface area contributed by atoms with E-state index in [0.29, 0.717) is 11.3 Å². The Labute approximate surface area is 145 Å². The van der Waals surface area contributed by atoms with Crippen LogP contribution in [0, 0.1) is 0 Å². The third kappa shape index (κ3) is 3.41. The molecule has 0 aliphatic carbocycles. The average molecular weight is 359 g/mol. The molecule has 1 aliphatic heterocycles. The van der Waals surface area contributed by atoms with E-state index >= 15 is 0 Å². The van der Waals surface area contributed by atoms with Crippen LogP contribution in [0.2, 0.25) is 0 Å². The number of ether oxygens (including phenoxy) is 1. The van der Waals surface area contributed by atoms with E-state index in [4.69, 9.17) is 4.74 Å². The second kappa shape index (κ2) is 6.00. The number of nitrogens with one attached hydrogen (secondary N) is 1. The van der Waals surface area contributed by atoms with Crippen molar-refractivity contribution >= 4 is 27.4 Å². The number of carbonyl (C=O) groups excluding carboxylic acids is 2. The fourth-order valence-corrected chi connectivity index (χ4v) is 3.39. The van der Waals surface area contributed by atoms with Gasteiger partial charge in [-0.25, -0.2) is 13.2 Å². The summed E-state index contributed by atoms with van der Waals surface area (Å²) in [7, 11) is -3.39. The Hall–Kier alpha value is -2.67. The minimum absolute atomic E-state index is 0.0986. The second-order valence-electron chi connectivity index (χ2n) is 6.21. The summed E-state index contributed by atoms with van der Waals surface area (Å²) in [5.74, 6) is -1.06. The van der Waals surface area contributed by atoms with Crippen LogP contribution >= 0.6 is 0 Å². The van der Waals surface area contributed by atoms with Gasteiger partial charge in [-0.15, -0.1) is 0 Å². The van der Waals surface area contributed by atoms with Gasteiger partial charge in [0.1, 0.15) is 0 Å². The van der Waals surface area contributed by atoms with Crippen molar-refractivity contribution in [1.82, 2.24) is 0 Å². The van der Waals surface area contributed by atoms with Crippen LogP contribution in [-0.2, 0) is 25.8 Å². The second-order valence-corrected chi connectivity index (χ2v) is 8.22. The number of fused-ring (bicyclic) bond motifs is 1. The number of hydrogen-bond acceptors (Lipinski definition) is 5. The van der Waals surface area contributed by atoms with E-state index in [9.17, 15) is 18.0 Å². The summed E-state index contributed by atoms with van der Waals surface area (Å²) < 4.78 is 28.6. The molecule has 2 aromatic carbocycles. The van der Waals surface area contributed by atoms with Crippen molar-refractivity contribution in [3.63, 3.8) is 0 Å². The first-order chi connectivity index (χ1) is 11.7. The van der Waals surface area contributed by atoms with Gasteiger partial charge in [0.15, 0.2) is 15.4 Å². The average Bonchev–Trinajstić information content (AvgIpc) is 2.54. The van der Waals surface area contributed by atoms with Crippen LogP contribution in [0.4, 0.5) is 5.69 Å². The molecule has 1 aliphatic rings. The van der Waals surface area contributed by atoms with Gasteiger partial charge in [-0.2, -0.15) is 0 Å². The molecule has 0 radical (unpaired) electrons. The van der Waals surface area contributed by atoms with E-state index in [0.717, 1.165) is 11.8 Å². The van der Waals surface area contributed by atoms with E-state index in [1.807, 2.05) is 0 Å². The summed E-state index contributed by atoms with van der Waals surface area (Å²) >= 11 is 0. The molecule has 7 heteroatoms. The topological polar surface area (TPSA) is 89.5 Å². The van der Waals surface area contributed by atoms with Gasteiger partial charge >= 0.3 is 5.97 Å². The Morgan fingerprint density at radius 1 is 1.16 bits per heavy atom. The van der Waals surface area contributed by atoms with Crippen LogP contribution in [0.15, 0.2) is 53.4 Å². The lowest BCUT2D eigenvalue weighted by molar-refractivity contribution is -0.134. The number of benzene rings is 2. The van der Waals surface area contributed by atoms with Crippen molar-refractivity contribution in [3.8, 4) is 0 Å². The Bertz CT molecular complexity index is 967. The van der Waals surface area contributed by atoms with Crippen LogP contribution in [0.5, 0.6) is 0 Å². The van der Waals surface area contributed by atoms with Gasteiger partial charge < -0.3 is 10.1 Å². The Balaban J connectivity index is 1.86. The first-order valence-corrected chi connectivity index (χ1v) is 9.51. The van der Waals surface area contributed by atoms with Gasteiger partial charge in [-0.3, -0.25) is 4.79 Å². The molecule has 0 saturated carbocycles. The Kier molecular flexibility index (Phi) is 4.12. The molecule has 0 aromatic heterocycles. The highest BCUT2D eigenvalue weighted by Crippen LogP contribution is 2.29. The number of rotatable bonds is 3. The van der Waals surface area contributed by atoms with Gasteiger partial charge in [0.05, 0.1) is 10.5 Å². The summed E-state index contributed by atoms with van der Waals surface area (Å²) in [5.41, 5.74) is 0.143. The third-order valence-electron chi connectivity index (χ3n) is 4.08. The summed E-state index contributed by atoms with van der Waals surface area (Å²) in [6, 6.07) is 12.9. The molecule has 1 N–H and O–H groups in total. The molecule has 2 aromatic rings. The van der Waals surface area contributed by atoms with Gasteiger partial charge in [0.2, 0.25) is 0 Å². The van der Waals surface area contributed by atoms with Crippen molar-refractivity contribution in [1.29, 1.82) is 0 Å². The summed E-state index contributed by atoms with van der Waals surface area (Å²) in [6.45, 7) is 1.54. The standard InChI is InChI=1S/C18H17NO5S/c1-18(11-12-6-3-4-9-15(12)16(20)24-18)17(21)19-13-7-5-8-14(10-13)25(2,22)23/h3-10H,11H2,1-2H3,(H,19,21). The van der Waals surface area contributed by atoms with E-state index in [-0.39, 0.29) is 11.3 Å². The van der Waals surface area contributed by atoms with Crippen molar-refractivity contribution in [2.75, 3.05) is 11.6 Å². The van der Waals surface area contributed by atoms with Crippen molar-refractivity contribution < 1.29 is 22.7 Å². The molecule has 6 nitrogen and oxygen atoms in total. The molecule has 25 heavy (non-hydrogen) atoms. The van der Waals surface area contributed by atoms with Crippen molar-refractivity contribution in [3.05, 3.63) is 59.7 Å². The third-order valence-corrected chi connectivity index (χ3v) is 5.19. The normalized spacial score (nSPS) is 19.7. The number of amides is 1. The molecule has 3 rings (SSSR count). The van der Waals surface area contributed by atoms with Crippen molar-refractivity contribution in [2.24, 2.45) is 0 Å². The SMILES string of the molecule is CC1(C(=O)Nc2cccc(S(C)(=O)=O)c2)Cc2ccccc2C(=O)O1. The summed E-state index contributed by atoms with van der Waals surface area (Å²) in [6.07, 6.45) is 1.33. The van der Waals surface area contributed by atoms with E-state index < -0.39 is 27.3 Å². The summed E-state index contributed by atoms with van der Waals surface area (Å²) in [5, 5.41) is 2.64. The van der Waals surface area contributed by atoms with Crippen LogP contribution < -0.4 is 5.32 Å². The zero-order valence-electron chi connectivity index (χ0n) is 13.8. The van der Waals surface area contributed by atoms with Crippen molar-refractivity contribution in [2.45, 2.75) is 23.8 Å². The lowest BCUT2D eigenvalue weighted by Crippen LogP contribution is -2.48. The smallest absolute Gasteiger partial charge is 0.339 e. The Morgan fingerprint density at radius 3 is 2.60 bits per heavy atom. The molecular weight excluding hydrogens is 342 g/mol. The monoisotopic (exact) mass is 359 g/mol. The van der Waals surface area contributed by atoms with Gasteiger partial charge in [-0.1, -0.05) is 24.3 Å². The molecule has 1 atom stereocenters. The van der Waals surface area contributed by atoms with Crippen LogP contribution in [-0.4, -0.2) is 32.2 Å². The largest absolute Gasteiger partial charge is 0.445 e. The number of cyclic esters (lactones) is 1. The van der Waals surface area contributed by atoms with Gasteiger partial charge in [-0.05, 0) is 36.8 Å². The highest BCUT2D eigenvalue weighted by Gasteiger charge is 2.42.